The zero-order valence-corrected chi connectivity index (χ0v) is 18.9. The van der Waals surface area contributed by atoms with Crippen LogP contribution in [0, 0.1) is 0 Å². The van der Waals surface area contributed by atoms with Crippen LogP contribution in [0.15, 0.2) is 36.4 Å². The minimum atomic E-state index is 0.598. The molecule has 0 atom stereocenters. The fourth-order valence-electron chi connectivity index (χ4n) is 5.40. The van der Waals surface area contributed by atoms with Gasteiger partial charge in [0.2, 0.25) is 0 Å². The second-order valence-corrected chi connectivity index (χ2v) is 8.08. The first-order chi connectivity index (χ1) is 15.7. The zero-order valence-electron chi connectivity index (χ0n) is 18.9. The summed E-state index contributed by atoms with van der Waals surface area (Å²) in [5.41, 5.74) is 0. The first-order valence-electron chi connectivity index (χ1n) is 11.5. The minimum Gasteiger partial charge on any atom is -0.493 e. The van der Waals surface area contributed by atoms with Crippen molar-refractivity contribution in [2.45, 2.75) is 27.7 Å². The molecule has 0 saturated heterocycles. The normalized spacial score (nSPS) is 12.2. The predicted molar refractivity (Wildman–Crippen MR) is 132 cm³/mol. The van der Waals surface area contributed by atoms with Crippen molar-refractivity contribution in [3.05, 3.63) is 36.4 Å². The number of hydrogen-bond acceptors (Lipinski definition) is 4. The van der Waals surface area contributed by atoms with Gasteiger partial charge in [-0.05, 0) is 68.8 Å². The molecule has 4 heteroatoms. The Hall–Kier alpha value is -3.40. The van der Waals surface area contributed by atoms with Crippen LogP contribution in [0.1, 0.15) is 27.7 Å². The molecule has 0 saturated carbocycles. The van der Waals surface area contributed by atoms with E-state index in [-0.39, 0.29) is 0 Å². The van der Waals surface area contributed by atoms with Gasteiger partial charge in [0.15, 0.2) is 0 Å². The molecule has 0 radical (unpaired) electrons. The molecule has 4 nitrogen and oxygen atoms in total. The summed E-state index contributed by atoms with van der Waals surface area (Å²) in [4.78, 5) is 0. The Morgan fingerprint density at radius 1 is 0.438 bits per heavy atom. The second kappa shape index (κ2) is 7.06. The Morgan fingerprint density at radius 2 is 0.812 bits per heavy atom. The zero-order chi connectivity index (χ0) is 22.0. The van der Waals surface area contributed by atoms with Crippen LogP contribution in [0.25, 0.3) is 53.9 Å². The topological polar surface area (TPSA) is 36.9 Å². The molecule has 6 aromatic carbocycles. The predicted octanol–water partition coefficient (Wildman–Crippen LogP) is 7.36. The summed E-state index contributed by atoms with van der Waals surface area (Å²) in [6.07, 6.45) is 0. The Labute approximate surface area is 186 Å². The van der Waals surface area contributed by atoms with Crippen molar-refractivity contribution in [3.63, 3.8) is 0 Å². The van der Waals surface area contributed by atoms with Gasteiger partial charge in [-0.3, -0.25) is 0 Å². The maximum Gasteiger partial charge on any atom is 0.128 e. The standard InChI is InChI=1S/C28H26O4/c1-5-29-20-11-15-9-10-16-21(30-6-2)12-18-23(32-8-4)14-19-22(31-7-3)13-17(20)26-24(15)25(16)27(18)28(19)26/h9-14H,5-8H2,1-4H3. The monoisotopic (exact) mass is 426 g/mol. The highest BCUT2D eigenvalue weighted by atomic mass is 16.5. The molecule has 0 N–H and O–H groups in total. The van der Waals surface area contributed by atoms with Crippen molar-refractivity contribution in [3.8, 4) is 23.0 Å². The molecule has 0 aliphatic heterocycles. The van der Waals surface area contributed by atoms with E-state index in [0.717, 1.165) is 44.5 Å². The molecule has 0 amide bonds. The van der Waals surface area contributed by atoms with E-state index in [1.807, 2.05) is 27.7 Å². The van der Waals surface area contributed by atoms with Crippen molar-refractivity contribution >= 4 is 53.9 Å². The lowest BCUT2D eigenvalue weighted by Gasteiger charge is -2.16. The molecule has 6 rings (SSSR count). The number of rotatable bonds is 8. The van der Waals surface area contributed by atoms with E-state index in [0.29, 0.717) is 26.4 Å². The summed E-state index contributed by atoms with van der Waals surface area (Å²) in [5, 5.41) is 11.8. The molecular weight excluding hydrogens is 400 g/mol. The van der Waals surface area contributed by atoms with E-state index >= 15 is 0 Å². The summed E-state index contributed by atoms with van der Waals surface area (Å²) in [6.45, 7) is 10.5. The van der Waals surface area contributed by atoms with E-state index in [9.17, 15) is 0 Å². The van der Waals surface area contributed by atoms with Crippen LogP contribution in [0.2, 0.25) is 0 Å². The summed E-state index contributed by atoms with van der Waals surface area (Å²) in [7, 11) is 0. The van der Waals surface area contributed by atoms with Gasteiger partial charge in [0.1, 0.15) is 23.0 Å². The van der Waals surface area contributed by atoms with Gasteiger partial charge in [-0.15, -0.1) is 0 Å². The number of ether oxygens (including phenoxy) is 4. The third kappa shape index (κ3) is 2.38. The maximum absolute atomic E-state index is 6.15. The molecule has 0 spiro atoms. The highest BCUT2D eigenvalue weighted by Gasteiger charge is 2.27. The lowest BCUT2D eigenvalue weighted by Crippen LogP contribution is -1.97. The summed E-state index contributed by atoms with van der Waals surface area (Å²) < 4.78 is 24.5. The molecule has 0 aliphatic rings. The Kier molecular flexibility index (Phi) is 4.26. The molecule has 32 heavy (non-hydrogen) atoms. The summed E-state index contributed by atoms with van der Waals surface area (Å²) in [6, 6.07) is 13.0. The minimum absolute atomic E-state index is 0.598. The van der Waals surface area contributed by atoms with Gasteiger partial charge in [0.25, 0.3) is 0 Å². The molecule has 0 aromatic heterocycles. The highest BCUT2D eigenvalue weighted by molar-refractivity contribution is 6.46. The Bertz CT molecular complexity index is 1520. The van der Waals surface area contributed by atoms with Gasteiger partial charge in [0, 0.05) is 43.1 Å². The van der Waals surface area contributed by atoms with E-state index < -0.39 is 0 Å². The smallest absolute Gasteiger partial charge is 0.128 e. The Balaban J connectivity index is 1.93. The van der Waals surface area contributed by atoms with Crippen LogP contribution in [0.5, 0.6) is 23.0 Å². The first kappa shape index (κ1) is 19.3. The fraction of sp³-hybridized carbons (Fsp3) is 0.286. The van der Waals surface area contributed by atoms with Crippen LogP contribution in [0.4, 0.5) is 0 Å². The van der Waals surface area contributed by atoms with Crippen LogP contribution >= 0.6 is 0 Å². The molecular formula is C28H26O4. The van der Waals surface area contributed by atoms with Gasteiger partial charge in [-0.25, -0.2) is 0 Å². The molecule has 0 heterocycles. The van der Waals surface area contributed by atoms with Crippen LogP contribution in [-0.4, -0.2) is 26.4 Å². The molecule has 0 bridgehead atoms. The average Bonchev–Trinajstić information content (AvgIpc) is 3.15. The van der Waals surface area contributed by atoms with Crippen molar-refractivity contribution < 1.29 is 18.9 Å². The van der Waals surface area contributed by atoms with Crippen molar-refractivity contribution in [2.75, 3.05) is 26.4 Å². The highest BCUT2D eigenvalue weighted by Crippen LogP contribution is 2.55. The molecule has 0 unspecified atom stereocenters. The summed E-state index contributed by atoms with van der Waals surface area (Å²) in [5.74, 6) is 3.54. The van der Waals surface area contributed by atoms with Crippen molar-refractivity contribution in [2.24, 2.45) is 0 Å². The van der Waals surface area contributed by atoms with Crippen molar-refractivity contribution in [1.82, 2.24) is 0 Å². The fourth-order valence-corrected chi connectivity index (χ4v) is 5.40. The van der Waals surface area contributed by atoms with E-state index in [2.05, 4.69) is 36.4 Å². The third-order valence-corrected chi connectivity index (χ3v) is 6.42. The first-order valence-corrected chi connectivity index (χ1v) is 11.5. The Morgan fingerprint density at radius 3 is 1.28 bits per heavy atom. The van der Waals surface area contributed by atoms with Gasteiger partial charge in [-0.1, -0.05) is 6.07 Å². The molecule has 0 fully saturated rings. The van der Waals surface area contributed by atoms with Crippen LogP contribution in [-0.2, 0) is 0 Å². The van der Waals surface area contributed by atoms with Crippen LogP contribution < -0.4 is 18.9 Å². The lowest BCUT2D eigenvalue weighted by atomic mass is 9.97. The average molecular weight is 427 g/mol. The van der Waals surface area contributed by atoms with E-state index in [1.165, 1.54) is 32.3 Å². The van der Waals surface area contributed by atoms with Gasteiger partial charge >= 0.3 is 0 Å². The number of hydrogen-bond donors (Lipinski definition) is 0. The molecule has 162 valence electrons. The lowest BCUT2D eigenvalue weighted by molar-refractivity contribution is 0.338. The molecule has 0 aliphatic carbocycles. The maximum atomic E-state index is 6.15. The van der Waals surface area contributed by atoms with E-state index in [4.69, 9.17) is 18.9 Å². The number of benzene rings is 5. The largest absolute Gasteiger partial charge is 0.493 e. The van der Waals surface area contributed by atoms with Gasteiger partial charge in [0.05, 0.1) is 26.4 Å². The SMILES string of the molecule is CCOc1cc2c(OCC)cc3c(OCC)cc4c(OCC)cc5ccc1c1c5c4c3c21. The van der Waals surface area contributed by atoms with E-state index in [1.54, 1.807) is 0 Å². The summed E-state index contributed by atoms with van der Waals surface area (Å²) >= 11 is 0. The van der Waals surface area contributed by atoms with Crippen LogP contribution in [0.3, 0.4) is 0 Å². The van der Waals surface area contributed by atoms with Crippen molar-refractivity contribution in [1.29, 1.82) is 0 Å². The van der Waals surface area contributed by atoms with Gasteiger partial charge in [-0.2, -0.15) is 0 Å². The quantitative estimate of drug-likeness (QED) is 0.238. The third-order valence-electron chi connectivity index (χ3n) is 6.42. The molecule has 6 aromatic rings. The van der Waals surface area contributed by atoms with Gasteiger partial charge < -0.3 is 18.9 Å². The second-order valence-electron chi connectivity index (χ2n) is 8.08.